The molecule has 1 atom stereocenters. The number of nitrogens with zero attached hydrogens (tertiary/aromatic N) is 2. The van der Waals surface area contributed by atoms with Gasteiger partial charge < -0.3 is 5.11 Å². The van der Waals surface area contributed by atoms with Crippen molar-refractivity contribution in [2.45, 2.75) is 20.3 Å². The summed E-state index contributed by atoms with van der Waals surface area (Å²) < 4.78 is 0. The van der Waals surface area contributed by atoms with E-state index < -0.39 is 5.97 Å². The first-order valence-electron chi connectivity index (χ1n) is 6.48. The minimum Gasteiger partial charge on any atom is -0.477 e. The van der Waals surface area contributed by atoms with E-state index in [1.807, 2.05) is 19.1 Å². The number of carboxylic acid groups (broad SMARTS) is 1. The van der Waals surface area contributed by atoms with Crippen molar-refractivity contribution in [3.8, 4) is 0 Å². The van der Waals surface area contributed by atoms with Gasteiger partial charge in [-0.2, -0.15) is 10.2 Å². The standard InChI is InChI=1S/C14H16N4O3/c1-8-7-12(19)17-18-13(8)10-3-5-11(6-4-10)16-15-9(2)14(20)21/h3-6,8,16H,7H2,1-2H3,(H,17,19)(H,20,21)/b15-9-. The van der Waals surface area contributed by atoms with Crippen molar-refractivity contribution < 1.29 is 14.7 Å². The lowest BCUT2D eigenvalue weighted by Gasteiger charge is -2.19. The van der Waals surface area contributed by atoms with Gasteiger partial charge in [-0.05, 0) is 24.6 Å². The van der Waals surface area contributed by atoms with Crippen LogP contribution in [0.25, 0.3) is 0 Å². The largest absolute Gasteiger partial charge is 0.477 e. The summed E-state index contributed by atoms with van der Waals surface area (Å²) in [5, 5.41) is 16.5. The number of carbonyl (C=O) groups is 2. The van der Waals surface area contributed by atoms with Crippen LogP contribution in [-0.2, 0) is 9.59 Å². The molecule has 0 saturated heterocycles. The van der Waals surface area contributed by atoms with Gasteiger partial charge in [0.1, 0.15) is 5.71 Å². The van der Waals surface area contributed by atoms with Crippen LogP contribution in [0.1, 0.15) is 25.8 Å². The summed E-state index contributed by atoms with van der Waals surface area (Å²) in [7, 11) is 0. The van der Waals surface area contributed by atoms with E-state index in [9.17, 15) is 9.59 Å². The molecule has 1 aromatic carbocycles. The van der Waals surface area contributed by atoms with Crippen LogP contribution in [0.5, 0.6) is 0 Å². The molecule has 0 radical (unpaired) electrons. The summed E-state index contributed by atoms with van der Waals surface area (Å²) in [5.41, 5.74) is 7.53. The lowest BCUT2D eigenvalue weighted by Crippen LogP contribution is -2.31. The van der Waals surface area contributed by atoms with Crippen LogP contribution < -0.4 is 10.9 Å². The van der Waals surface area contributed by atoms with Crippen LogP contribution >= 0.6 is 0 Å². The highest BCUT2D eigenvalue weighted by Gasteiger charge is 2.21. The second-order valence-corrected chi connectivity index (χ2v) is 4.83. The molecule has 1 unspecified atom stereocenters. The highest BCUT2D eigenvalue weighted by molar-refractivity contribution is 6.34. The van der Waals surface area contributed by atoms with Gasteiger partial charge in [0.15, 0.2) is 0 Å². The summed E-state index contributed by atoms with van der Waals surface area (Å²) in [6.07, 6.45) is 0.418. The number of hydrogen-bond donors (Lipinski definition) is 3. The number of anilines is 1. The van der Waals surface area contributed by atoms with Crippen LogP contribution in [0.15, 0.2) is 34.5 Å². The van der Waals surface area contributed by atoms with Gasteiger partial charge in [0.2, 0.25) is 5.91 Å². The first-order chi connectivity index (χ1) is 9.97. The minimum absolute atomic E-state index is 0.0212. The summed E-state index contributed by atoms with van der Waals surface area (Å²) in [6, 6.07) is 7.25. The van der Waals surface area contributed by atoms with Gasteiger partial charge in [0, 0.05) is 12.3 Å². The highest BCUT2D eigenvalue weighted by atomic mass is 16.4. The van der Waals surface area contributed by atoms with Crippen molar-refractivity contribution in [2.24, 2.45) is 16.1 Å². The van der Waals surface area contributed by atoms with E-state index >= 15 is 0 Å². The number of benzene rings is 1. The molecule has 1 aromatic rings. The van der Waals surface area contributed by atoms with E-state index in [2.05, 4.69) is 21.1 Å². The Balaban J connectivity index is 2.11. The molecule has 1 heterocycles. The average molecular weight is 288 g/mol. The van der Waals surface area contributed by atoms with Gasteiger partial charge in [-0.1, -0.05) is 19.1 Å². The number of rotatable bonds is 4. The van der Waals surface area contributed by atoms with Crippen molar-refractivity contribution in [3.05, 3.63) is 29.8 Å². The third-order valence-electron chi connectivity index (χ3n) is 3.10. The van der Waals surface area contributed by atoms with Gasteiger partial charge in [0.25, 0.3) is 0 Å². The Labute approximate surface area is 121 Å². The number of hydrazone groups is 2. The number of carboxylic acids is 1. The van der Waals surface area contributed by atoms with Crippen LogP contribution in [-0.4, -0.2) is 28.4 Å². The first kappa shape index (κ1) is 14.7. The molecule has 0 fully saturated rings. The SMILES string of the molecule is C/C(=N/Nc1ccc(C2=NNC(=O)CC2C)cc1)C(=O)O. The van der Waals surface area contributed by atoms with Crippen LogP contribution in [0.2, 0.25) is 0 Å². The Morgan fingerprint density at radius 3 is 2.67 bits per heavy atom. The molecule has 3 N–H and O–H groups in total. The Bertz CT molecular complexity index is 620. The van der Waals surface area contributed by atoms with E-state index in [0.717, 1.165) is 11.3 Å². The fourth-order valence-electron chi connectivity index (χ4n) is 1.91. The molecule has 0 spiro atoms. The number of amides is 1. The minimum atomic E-state index is -1.07. The van der Waals surface area contributed by atoms with Crippen molar-refractivity contribution in [1.82, 2.24) is 5.43 Å². The Kier molecular flexibility index (Phi) is 4.32. The monoisotopic (exact) mass is 288 g/mol. The van der Waals surface area contributed by atoms with Gasteiger partial charge >= 0.3 is 5.97 Å². The van der Waals surface area contributed by atoms with Crippen molar-refractivity contribution in [1.29, 1.82) is 0 Å². The summed E-state index contributed by atoms with van der Waals surface area (Å²) in [6.45, 7) is 3.36. The number of hydrogen-bond acceptors (Lipinski definition) is 5. The molecule has 0 saturated carbocycles. The third kappa shape index (κ3) is 3.65. The zero-order valence-corrected chi connectivity index (χ0v) is 11.8. The molecule has 7 heteroatoms. The molecular formula is C14H16N4O3. The maximum atomic E-state index is 11.2. The molecule has 1 amide bonds. The van der Waals surface area contributed by atoms with Gasteiger partial charge in [0.05, 0.1) is 11.4 Å². The van der Waals surface area contributed by atoms with Crippen molar-refractivity contribution >= 4 is 29.0 Å². The van der Waals surface area contributed by atoms with E-state index in [-0.39, 0.29) is 17.5 Å². The maximum Gasteiger partial charge on any atom is 0.351 e. The predicted octanol–water partition coefficient (Wildman–Crippen LogP) is 1.42. The number of carbonyl (C=O) groups excluding carboxylic acids is 1. The normalized spacial score (nSPS) is 18.8. The lowest BCUT2D eigenvalue weighted by atomic mass is 9.94. The van der Waals surface area contributed by atoms with Crippen molar-refractivity contribution in [2.75, 3.05) is 5.43 Å². The van der Waals surface area contributed by atoms with E-state index in [1.54, 1.807) is 12.1 Å². The molecular weight excluding hydrogens is 272 g/mol. The molecule has 0 aromatic heterocycles. The average Bonchev–Trinajstić information content (AvgIpc) is 2.45. The molecule has 0 aliphatic carbocycles. The lowest BCUT2D eigenvalue weighted by molar-refractivity contribution is -0.129. The topological polar surface area (TPSA) is 103 Å². The molecule has 110 valence electrons. The van der Waals surface area contributed by atoms with Crippen LogP contribution in [0.4, 0.5) is 5.69 Å². The number of nitrogens with one attached hydrogen (secondary N) is 2. The molecule has 1 aliphatic heterocycles. The number of aliphatic carboxylic acids is 1. The fraction of sp³-hybridized carbons (Fsp3) is 0.286. The van der Waals surface area contributed by atoms with Gasteiger partial charge in [-0.3, -0.25) is 10.2 Å². The van der Waals surface area contributed by atoms with Crippen molar-refractivity contribution in [3.63, 3.8) is 0 Å². The smallest absolute Gasteiger partial charge is 0.351 e. The highest BCUT2D eigenvalue weighted by Crippen LogP contribution is 2.18. The molecule has 2 rings (SSSR count). The Hall–Kier alpha value is -2.70. The zero-order valence-electron chi connectivity index (χ0n) is 11.8. The van der Waals surface area contributed by atoms with E-state index in [4.69, 9.17) is 5.11 Å². The summed E-state index contributed by atoms with van der Waals surface area (Å²) >= 11 is 0. The predicted molar refractivity (Wildman–Crippen MR) is 79.3 cm³/mol. The maximum absolute atomic E-state index is 11.2. The molecule has 21 heavy (non-hydrogen) atoms. The zero-order chi connectivity index (χ0) is 15.4. The molecule has 1 aliphatic rings. The second kappa shape index (κ2) is 6.17. The summed E-state index contributed by atoms with van der Waals surface area (Å²) in [5.74, 6) is -1.09. The van der Waals surface area contributed by atoms with Crippen LogP contribution in [0.3, 0.4) is 0 Å². The Morgan fingerprint density at radius 2 is 2.10 bits per heavy atom. The summed E-state index contributed by atoms with van der Waals surface area (Å²) in [4.78, 5) is 21.8. The second-order valence-electron chi connectivity index (χ2n) is 4.83. The van der Waals surface area contributed by atoms with E-state index in [1.165, 1.54) is 6.92 Å². The Morgan fingerprint density at radius 1 is 1.43 bits per heavy atom. The van der Waals surface area contributed by atoms with Gasteiger partial charge in [-0.25, -0.2) is 10.2 Å². The quantitative estimate of drug-likeness (QED) is 0.575. The molecule has 7 nitrogen and oxygen atoms in total. The first-order valence-corrected chi connectivity index (χ1v) is 6.48. The third-order valence-corrected chi connectivity index (χ3v) is 3.10. The molecule has 0 bridgehead atoms. The van der Waals surface area contributed by atoms with Crippen LogP contribution in [0, 0.1) is 5.92 Å². The van der Waals surface area contributed by atoms with Gasteiger partial charge in [-0.15, -0.1) is 0 Å². The van der Waals surface area contributed by atoms with E-state index in [0.29, 0.717) is 12.1 Å². The fourth-order valence-corrected chi connectivity index (χ4v) is 1.91.